The molecule has 26 heavy (non-hydrogen) atoms. The van der Waals surface area contributed by atoms with Crippen LogP contribution < -0.4 is 10.1 Å². The van der Waals surface area contributed by atoms with E-state index in [0.29, 0.717) is 22.6 Å². The third-order valence-corrected chi connectivity index (χ3v) is 3.83. The highest BCUT2D eigenvalue weighted by Gasteiger charge is 2.23. The third-order valence-electron chi connectivity index (χ3n) is 3.83. The third kappa shape index (κ3) is 3.90. The summed E-state index contributed by atoms with van der Waals surface area (Å²) in [7, 11) is 0. The van der Waals surface area contributed by atoms with Gasteiger partial charge in [-0.1, -0.05) is 18.2 Å². The van der Waals surface area contributed by atoms with Crippen LogP contribution in [0.3, 0.4) is 0 Å². The zero-order valence-corrected chi connectivity index (χ0v) is 14.1. The summed E-state index contributed by atoms with van der Waals surface area (Å²) in [5.74, 6) is -0.349. The lowest BCUT2D eigenvalue weighted by atomic mass is 10.1. The number of nitriles is 1. The van der Waals surface area contributed by atoms with Crippen LogP contribution in [0, 0.1) is 11.3 Å². The van der Waals surface area contributed by atoms with Gasteiger partial charge in [-0.2, -0.15) is 5.26 Å². The van der Waals surface area contributed by atoms with Crippen LogP contribution in [0.1, 0.15) is 18.1 Å². The standard InChI is InChI=1S/C20H16N2O4/c1-13(19(23)22-17-8-6-14(11-21)7-9-17)26-20(24)16-10-15-4-2-3-5-18(15)25-12-16/h2-10,13H,12H2,1H3,(H,22,23)/t13-/m0/s1. The Hall–Kier alpha value is -3.59. The molecular weight excluding hydrogens is 332 g/mol. The summed E-state index contributed by atoms with van der Waals surface area (Å²) in [6.45, 7) is 1.59. The number of carbonyl (C=O) groups excluding carboxylic acids is 2. The van der Waals surface area contributed by atoms with Gasteiger partial charge in [0.1, 0.15) is 12.4 Å². The minimum absolute atomic E-state index is 0.0970. The smallest absolute Gasteiger partial charge is 0.338 e. The van der Waals surface area contributed by atoms with Crippen LogP contribution in [-0.2, 0) is 14.3 Å². The van der Waals surface area contributed by atoms with Crippen molar-refractivity contribution in [2.75, 3.05) is 11.9 Å². The van der Waals surface area contributed by atoms with Gasteiger partial charge < -0.3 is 14.8 Å². The Morgan fingerprint density at radius 2 is 1.92 bits per heavy atom. The number of ether oxygens (including phenoxy) is 2. The number of hydrogen-bond acceptors (Lipinski definition) is 5. The molecule has 0 aliphatic carbocycles. The molecule has 0 unspecified atom stereocenters. The van der Waals surface area contributed by atoms with Crippen LogP contribution in [0.25, 0.3) is 6.08 Å². The Bertz CT molecular complexity index is 910. The van der Waals surface area contributed by atoms with Crippen LogP contribution in [0.2, 0.25) is 0 Å². The van der Waals surface area contributed by atoms with Crippen molar-refractivity contribution in [2.45, 2.75) is 13.0 Å². The van der Waals surface area contributed by atoms with E-state index in [-0.39, 0.29) is 6.61 Å². The van der Waals surface area contributed by atoms with Crippen LogP contribution in [-0.4, -0.2) is 24.6 Å². The molecule has 0 saturated carbocycles. The van der Waals surface area contributed by atoms with Gasteiger partial charge in [0, 0.05) is 11.3 Å². The molecule has 0 fully saturated rings. The van der Waals surface area contributed by atoms with Gasteiger partial charge in [0.25, 0.3) is 5.91 Å². The maximum Gasteiger partial charge on any atom is 0.338 e. The minimum Gasteiger partial charge on any atom is -0.488 e. The number of hydrogen-bond donors (Lipinski definition) is 1. The minimum atomic E-state index is -0.976. The van der Waals surface area contributed by atoms with E-state index in [4.69, 9.17) is 14.7 Å². The van der Waals surface area contributed by atoms with Gasteiger partial charge in [-0.3, -0.25) is 4.79 Å². The van der Waals surface area contributed by atoms with Gasteiger partial charge in [0.05, 0.1) is 17.2 Å². The SMILES string of the molecule is C[C@H](OC(=O)C1=Cc2ccccc2OC1)C(=O)Nc1ccc(C#N)cc1. The lowest BCUT2D eigenvalue weighted by Crippen LogP contribution is -2.31. The Morgan fingerprint density at radius 1 is 1.19 bits per heavy atom. The zero-order valence-electron chi connectivity index (χ0n) is 14.1. The van der Waals surface area contributed by atoms with Gasteiger partial charge in [0.15, 0.2) is 6.10 Å². The number of amides is 1. The van der Waals surface area contributed by atoms with E-state index >= 15 is 0 Å². The molecular formula is C20H16N2O4. The molecule has 0 aromatic heterocycles. The number of fused-ring (bicyclic) bond motifs is 1. The predicted octanol–water partition coefficient (Wildman–Crippen LogP) is 2.90. The Balaban J connectivity index is 1.61. The van der Waals surface area contributed by atoms with E-state index in [9.17, 15) is 9.59 Å². The molecule has 130 valence electrons. The molecule has 1 aliphatic rings. The number of rotatable bonds is 4. The van der Waals surface area contributed by atoms with Crippen molar-refractivity contribution in [3.8, 4) is 11.8 Å². The highest BCUT2D eigenvalue weighted by atomic mass is 16.6. The maximum absolute atomic E-state index is 12.3. The molecule has 6 nitrogen and oxygen atoms in total. The molecule has 0 saturated heterocycles. The molecule has 0 bridgehead atoms. The molecule has 1 heterocycles. The second-order valence-corrected chi connectivity index (χ2v) is 5.72. The number of esters is 1. The lowest BCUT2D eigenvalue weighted by Gasteiger charge is -2.19. The number of carbonyl (C=O) groups is 2. The fraction of sp³-hybridized carbons (Fsp3) is 0.150. The topological polar surface area (TPSA) is 88.4 Å². The number of nitrogens with zero attached hydrogens (tertiary/aromatic N) is 1. The number of nitrogens with one attached hydrogen (secondary N) is 1. The quantitative estimate of drug-likeness (QED) is 0.858. The van der Waals surface area contributed by atoms with Gasteiger partial charge in [0.2, 0.25) is 0 Å². The monoisotopic (exact) mass is 348 g/mol. The molecule has 6 heteroatoms. The first kappa shape index (κ1) is 17.2. The molecule has 0 spiro atoms. The fourth-order valence-corrected chi connectivity index (χ4v) is 2.40. The van der Waals surface area contributed by atoms with Crippen molar-refractivity contribution in [3.05, 3.63) is 65.2 Å². The number of benzene rings is 2. The van der Waals surface area contributed by atoms with Crippen molar-refractivity contribution in [3.63, 3.8) is 0 Å². The highest BCUT2D eigenvalue weighted by Crippen LogP contribution is 2.26. The van der Waals surface area contributed by atoms with Crippen molar-refractivity contribution >= 4 is 23.6 Å². The molecule has 1 atom stereocenters. The molecule has 1 N–H and O–H groups in total. The first-order valence-electron chi connectivity index (χ1n) is 8.01. The molecule has 2 aromatic carbocycles. The highest BCUT2D eigenvalue weighted by molar-refractivity contribution is 5.99. The summed E-state index contributed by atoms with van der Waals surface area (Å²) in [5.41, 5.74) is 2.15. The Labute approximate surface area is 150 Å². The number of anilines is 1. The van der Waals surface area contributed by atoms with Crippen molar-refractivity contribution in [1.82, 2.24) is 0 Å². The Kier molecular flexibility index (Phi) is 4.99. The molecule has 1 aliphatic heterocycles. The first-order valence-corrected chi connectivity index (χ1v) is 8.01. The van der Waals surface area contributed by atoms with E-state index in [1.54, 1.807) is 30.3 Å². The fourth-order valence-electron chi connectivity index (χ4n) is 2.40. The van der Waals surface area contributed by atoms with Crippen LogP contribution in [0.15, 0.2) is 54.1 Å². The molecule has 1 amide bonds. The summed E-state index contributed by atoms with van der Waals surface area (Å²) in [6.07, 6.45) is 0.725. The first-order chi connectivity index (χ1) is 12.6. The molecule has 3 rings (SSSR count). The van der Waals surface area contributed by atoms with Crippen LogP contribution >= 0.6 is 0 Å². The van der Waals surface area contributed by atoms with Crippen LogP contribution in [0.5, 0.6) is 5.75 Å². The van der Waals surface area contributed by atoms with E-state index < -0.39 is 18.0 Å². The molecule has 0 radical (unpaired) electrons. The van der Waals surface area contributed by atoms with Crippen LogP contribution in [0.4, 0.5) is 5.69 Å². The second-order valence-electron chi connectivity index (χ2n) is 5.72. The van der Waals surface area contributed by atoms with E-state index in [0.717, 1.165) is 5.56 Å². The summed E-state index contributed by atoms with van der Waals surface area (Å²) < 4.78 is 10.8. The average molecular weight is 348 g/mol. The van der Waals surface area contributed by atoms with E-state index in [1.165, 1.54) is 6.92 Å². The largest absolute Gasteiger partial charge is 0.488 e. The van der Waals surface area contributed by atoms with Gasteiger partial charge in [-0.15, -0.1) is 0 Å². The van der Waals surface area contributed by atoms with Crippen molar-refractivity contribution in [1.29, 1.82) is 5.26 Å². The van der Waals surface area contributed by atoms with Gasteiger partial charge >= 0.3 is 5.97 Å². The average Bonchev–Trinajstić information content (AvgIpc) is 2.68. The van der Waals surface area contributed by atoms with Crippen molar-refractivity contribution in [2.24, 2.45) is 0 Å². The summed E-state index contributed by atoms with van der Waals surface area (Å²) in [4.78, 5) is 24.5. The van der Waals surface area contributed by atoms with E-state index in [2.05, 4.69) is 5.32 Å². The number of para-hydroxylation sites is 1. The zero-order chi connectivity index (χ0) is 18.5. The van der Waals surface area contributed by atoms with Gasteiger partial charge in [-0.25, -0.2) is 4.79 Å². The summed E-state index contributed by atoms with van der Waals surface area (Å²) in [5, 5.41) is 11.4. The maximum atomic E-state index is 12.3. The second kappa shape index (κ2) is 7.53. The van der Waals surface area contributed by atoms with Gasteiger partial charge in [-0.05, 0) is 43.3 Å². The summed E-state index contributed by atoms with van der Waals surface area (Å²) >= 11 is 0. The summed E-state index contributed by atoms with van der Waals surface area (Å²) in [6, 6.07) is 15.8. The van der Waals surface area contributed by atoms with E-state index in [1.807, 2.05) is 30.3 Å². The predicted molar refractivity (Wildman–Crippen MR) is 95.3 cm³/mol. The normalized spacial score (nSPS) is 13.3. The van der Waals surface area contributed by atoms with Crippen molar-refractivity contribution < 1.29 is 19.1 Å². The molecule has 2 aromatic rings. The Morgan fingerprint density at radius 3 is 2.65 bits per heavy atom. The lowest BCUT2D eigenvalue weighted by molar-refractivity contribution is -0.149.